The van der Waals surface area contributed by atoms with Gasteiger partial charge in [-0.05, 0) is 31.2 Å². The number of pyridine rings is 1. The van der Waals surface area contributed by atoms with Crippen LogP contribution < -0.4 is 21.3 Å². The topological polar surface area (TPSA) is 143 Å². The molecule has 1 amide bonds. The van der Waals surface area contributed by atoms with Gasteiger partial charge in [-0.1, -0.05) is 6.07 Å². The SMILES string of the molecule is Cc1cccc(-c2nccc(Nc3ccnc(Nc4nc(C(=O)NCC5CNC5)cs4)n3)n2)n1. The van der Waals surface area contributed by atoms with Crippen molar-refractivity contribution >= 4 is 40.0 Å². The van der Waals surface area contributed by atoms with Gasteiger partial charge < -0.3 is 16.0 Å². The molecule has 0 aromatic carbocycles. The quantitative estimate of drug-likeness (QED) is 0.301. The fourth-order valence-corrected chi connectivity index (χ4v) is 3.87. The van der Waals surface area contributed by atoms with Gasteiger partial charge in [0, 0.05) is 49.0 Å². The molecule has 34 heavy (non-hydrogen) atoms. The molecule has 12 heteroatoms. The Morgan fingerprint density at radius 1 is 1.03 bits per heavy atom. The van der Waals surface area contributed by atoms with E-state index in [2.05, 4.69) is 51.2 Å². The molecule has 0 bridgehead atoms. The first-order valence-corrected chi connectivity index (χ1v) is 11.6. The average Bonchev–Trinajstić information content (AvgIpc) is 3.27. The maximum atomic E-state index is 12.3. The highest BCUT2D eigenvalue weighted by Crippen LogP contribution is 2.21. The summed E-state index contributed by atoms with van der Waals surface area (Å²) in [7, 11) is 0. The molecule has 5 heterocycles. The molecule has 1 aliphatic heterocycles. The van der Waals surface area contributed by atoms with Gasteiger partial charge in [0.05, 0.1) is 0 Å². The molecule has 172 valence electrons. The van der Waals surface area contributed by atoms with Crippen LogP contribution in [0.15, 0.2) is 48.1 Å². The van der Waals surface area contributed by atoms with Crippen LogP contribution in [0.4, 0.5) is 22.7 Å². The second kappa shape index (κ2) is 9.85. The van der Waals surface area contributed by atoms with Gasteiger partial charge in [-0.3, -0.25) is 10.1 Å². The van der Waals surface area contributed by atoms with Crippen molar-refractivity contribution in [3.8, 4) is 11.5 Å². The van der Waals surface area contributed by atoms with Crippen molar-refractivity contribution in [1.29, 1.82) is 0 Å². The summed E-state index contributed by atoms with van der Waals surface area (Å²) >= 11 is 1.31. The molecule has 11 nitrogen and oxygen atoms in total. The minimum absolute atomic E-state index is 0.185. The Hall–Kier alpha value is -4.03. The van der Waals surface area contributed by atoms with E-state index in [-0.39, 0.29) is 5.91 Å². The lowest BCUT2D eigenvalue weighted by molar-refractivity contribution is 0.0938. The number of hydrogen-bond acceptors (Lipinski definition) is 11. The molecule has 4 aromatic rings. The molecular weight excluding hydrogens is 452 g/mol. The van der Waals surface area contributed by atoms with Crippen LogP contribution in [-0.2, 0) is 0 Å². The van der Waals surface area contributed by atoms with E-state index >= 15 is 0 Å². The van der Waals surface area contributed by atoms with Crippen LogP contribution >= 0.6 is 11.3 Å². The standard InChI is InChI=1S/C22H22N10OS/c1-13-3-2-4-15(27-13)19-24-7-5-17(30-19)29-18-6-8-25-21(31-18)32-22-28-16(12-34-22)20(33)26-11-14-9-23-10-14/h2-8,12,14,23H,9-11H2,1H3,(H,26,33)(H2,24,25,28,29,30,31,32). The Morgan fingerprint density at radius 2 is 1.85 bits per heavy atom. The van der Waals surface area contributed by atoms with Crippen molar-refractivity contribution in [2.75, 3.05) is 30.3 Å². The number of nitrogens with one attached hydrogen (secondary N) is 4. The molecule has 1 saturated heterocycles. The molecule has 0 atom stereocenters. The monoisotopic (exact) mass is 474 g/mol. The summed E-state index contributed by atoms with van der Waals surface area (Å²) in [5.74, 6) is 2.29. The summed E-state index contributed by atoms with van der Waals surface area (Å²) < 4.78 is 0. The number of nitrogens with zero attached hydrogens (tertiary/aromatic N) is 6. The van der Waals surface area contributed by atoms with Crippen molar-refractivity contribution in [3.63, 3.8) is 0 Å². The van der Waals surface area contributed by atoms with Crippen LogP contribution in [0.1, 0.15) is 16.2 Å². The zero-order valence-electron chi connectivity index (χ0n) is 18.3. The number of hydrogen-bond donors (Lipinski definition) is 4. The first-order valence-electron chi connectivity index (χ1n) is 10.7. The zero-order chi connectivity index (χ0) is 23.3. The molecule has 1 aliphatic rings. The molecular formula is C22H22N10OS. The lowest BCUT2D eigenvalue weighted by Crippen LogP contribution is -2.48. The fraction of sp³-hybridized carbons (Fsp3) is 0.227. The molecule has 0 spiro atoms. The van der Waals surface area contributed by atoms with Gasteiger partial charge in [-0.15, -0.1) is 11.3 Å². The number of anilines is 4. The molecule has 4 aromatic heterocycles. The third-order valence-corrected chi connectivity index (χ3v) is 5.82. The minimum Gasteiger partial charge on any atom is -0.350 e. The van der Waals surface area contributed by atoms with E-state index in [4.69, 9.17) is 0 Å². The third-order valence-electron chi connectivity index (χ3n) is 5.06. The summed E-state index contributed by atoms with van der Waals surface area (Å²) in [6.45, 7) is 4.44. The van der Waals surface area contributed by atoms with Crippen molar-refractivity contribution in [3.05, 3.63) is 59.5 Å². The van der Waals surface area contributed by atoms with Crippen molar-refractivity contribution < 1.29 is 4.79 Å². The highest BCUT2D eigenvalue weighted by molar-refractivity contribution is 7.14. The fourth-order valence-electron chi connectivity index (χ4n) is 3.19. The molecule has 0 unspecified atom stereocenters. The lowest BCUT2D eigenvalue weighted by Gasteiger charge is -2.26. The molecule has 4 N–H and O–H groups in total. The lowest BCUT2D eigenvalue weighted by atomic mass is 10.0. The van der Waals surface area contributed by atoms with Gasteiger partial charge in [-0.25, -0.2) is 24.9 Å². The second-order valence-electron chi connectivity index (χ2n) is 7.72. The van der Waals surface area contributed by atoms with E-state index in [9.17, 15) is 4.79 Å². The number of thiazole rings is 1. The average molecular weight is 475 g/mol. The van der Waals surface area contributed by atoms with Crippen molar-refractivity contribution in [1.82, 2.24) is 40.5 Å². The predicted octanol–water partition coefficient (Wildman–Crippen LogP) is 2.53. The summed E-state index contributed by atoms with van der Waals surface area (Å²) in [5, 5.41) is 14.5. The smallest absolute Gasteiger partial charge is 0.270 e. The molecule has 0 aliphatic carbocycles. The number of aromatic nitrogens is 6. The zero-order valence-corrected chi connectivity index (χ0v) is 19.1. The van der Waals surface area contributed by atoms with E-state index < -0.39 is 0 Å². The predicted molar refractivity (Wildman–Crippen MR) is 129 cm³/mol. The third kappa shape index (κ3) is 5.30. The number of carbonyl (C=O) groups is 1. The highest BCUT2D eigenvalue weighted by Gasteiger charge is 2.19. The van der Waals surface area contributed by atoms with Crippen LogP contribution in [-0.4, -0.2) is 55.4 Å². The summed E-state index contributed by atoms with van der Waals surface area (Å²) in [5.41, 5.74) is 1.96. The number of aryl methyl sites for hydroxylation is 1. The van der Waals surface area contributed by atoms with Crippen molar-refractivity contribution in [2.45, 2.75) is 6.92 Å². The molecule has 0 radical (unpaired) electrons. The number of carbonyl (C=O) groups excluding carboxylic acids is 1. The van der Waals surface area contributed by atoms with Gasteiger partial charge in [-0.2, -0.15) is 4.98 Å². The Labute approximate surface area is 199 Å². The maximum absolute atomic E-state index is 12.3. The highest BCUT2D eigenvalue weighted by atomic mass is 32.1. The largest absolute Gasteiger partial charge is 0.350 e. The first-order chi connectivity index (χ1) is 16.6. The Bertz CT molecular complexity index is 1310. The molecule has 5 rings (SSSR count). The van der Waals surface area contributed by atoms with Crippen LogP contribution in [0.25, 0.3) is 11.5 Å². The Balaban J connectivity index is 1.23. The van der Waals surface area contributed by atoms with Crippen molar-refractivity contribution in [2.24, 2.45) is 5.92 Å². The normalized spacial score (nSPS) is 13.2. The maximum Gasteiger partial charge on any atom is 0.270 e. The Kier molecular flexibility index (Phi) is 6.31. The number of amides is 1. The second-order valence-corrected chi connectivity index (χ2v) is 8.58. The molecule has 1 fully saturated rings. The summed E-state index contributed by atoms with van der Waals surface area (Å²) in [4.78, 5) is 38.6. The van der Waals surface area contributed by atoms with Crippen LogP contribution in [0, 0.1) is 12.8 Å². The Morgan fingerprint density at radius 3 is 2.65 bits per heavy atom. The van der Waals surface area contributed by atoms with Gasteiger partial charge in [0.15, 0.2) is 11.0 Å². The van der Waals surface area contributed by atoms with Gasteiger partial charge in [0.25, 0.3) is 5.91 Å². The molecule has 0 saturated carbocycles. The van der Waals surface area contributed by atoms with Crippen LogP contribution in [0.5, 0.6) is 0 Å². The van der Waals surface area contributed by atoms with E-state index in [0.717, 1.165) is 18.8 Å². The summed E-state index contributed by atoms with van der Waals surface area (Å²) in [6, 6.07) is 9.19. The summed E-state index contributed by atoms with van der Waals surface area (Å²) in [6.07, 6.45) is 3.29. The number of rotatable bonds is 8. The van der Waals surface area contributed by atoms with E-state index in [1.165, 1.54) is 11.3 Å². The van der Waals surface area contributed by atoms with E-state index in [1.807, 2.05) is 25.1 Å². The van der Waals surface area contributed by atoms with Gasteiger partial charge in [0.1, 0.15) is 23.0 Å². The van der Waals surface area contributed by atoms with Crippen LogP contribution in [0.3, 0.4) is 0 Å². The van der Waals surface area contributed by atoms with Crippen LogP contribution in [0.2, 0.25) is 0 Å². The van der Waals surface area contributed by atoms with Gasteiger partial charge in [0.2, 0.25) is 5.95 Å². The minimum atomic E-state index is -0.185. The first kappa shape index (κ1) is 21.8. The van der Waals surface area contributed by atoms with E-state index in [0.29, 0.717) is 52.4 Å². The van der Waals surface area contributed by atoms with E-state index in [1.54, 1.807) is 29.9 Å². The van der Waals surface area contributed by atoms with Gasteiger partial charge >= 0.3 is 0 Å².